The van der Waals surface area contributed by atoms with Crippen molar-refractivity contribution in [3.63, 3.8) is 0 Å². The van der Waals surface area contributed by atoms with Crippen LogP contribution in [0.2, 0.25) is 9.49 Å². The van der Waals surface area contributed by atoms with E-state index >= 15 is 0 Å². The first-order valence-electron chi connectivity index (χ1n) is 7.19. The smallest absolute Gasteiger partial charge is 0.326 e. The number of ether oxygens (including phenoxy) is 1. The zero-order valence-electron chi connectivity index (χ0n) is 13.6. The van der Waals surface area contributed by atoms with Crippen molar-refractivity contribution in [1.29, 1.82) is 0 Å². The molecular formula is C15H16Cl2N4O3S. The number of hydrogen-bond donors (Lipinski definition) is 0. The highest BCUT2D eigenvalue weighted by Gasteiger charge is 2.15. The third-order valence-electron chi connectivity index (χ3n) is 3.18. The minimum absolute atomic E-state index is 0.0617. The van der Waals surface area contributed by atoms with Crippen molar-refractivity contribution in [2.24, 2.45) is 0 Å². The van der Waals surface area contributed by atoms with Gasteiger partial charge in [0.25, 0.3) is 5.91 Å². The average molecular weight is 403 g/mol. The van der Waals surface area contributed by atoms with E-state index in [-0.39, 0.29) is 24.2 Å². The van der Waals surface area contributed by atoms with Gasteiger partial charge in [-0.15, -0.1) is 21.5 Å². The normalized spacial score (nSPS) is 10.4. The lowest BCUT2D eigenvalue weighted by Gasteiger charge is -2.18. The summed E-state index contributed by atoms with van der Waals surface area (Å²) >= 11 is 12.9. The Balaban J connectivity index is 1.76. The number of esters is 1. The van der Waals surface area contributed by atoms with Crippen molar-refractivity contribution >= 4 is 52.2 Å². The molecule has 2 heterocycles. The van der Waals surface area contributed by atoms with E-state index in [0.29, 0.717) is 16.7 Å². The van der Waals surface area contributed by atoms with Crippen LogP contribution in [-0.2, 0) is 20.9 Å². The number of aromatic nitrogens is 2. The van der Waals surface area contributed by atoms with Gasteiger partial charge in [-0.3, -0.25) is 9.59 Å². The molecule has 0 aromatic carbocycles. The van der Waals surface area contributed by atoms with E-state index in [4.69, 9.17) is 27.9 Å². The van der Waals surface area contributed by atoms with Crippen molar-refractivity contribution in [3.05, 3.63) is 38.6 Å². The molecule has 0 unspecified atom stereocenters. The molecule has 0 aliphatic rings. The van der Waals surface area contributed by atoms with E-state index in [1.54, 1.807) is 37.2 Å². The standard InChI is InChI=1S/C15H16Cl2N4O3S/c1-20(13-6-4-11(16)18-19-13)8-15(23)24-9-14(22)21(2)7-10-3-5-12(17)25-10/h3-6H,7-9H2,1-2H3. The number of carbonyl (C=O) groups is 2. The lowest BCUT2D eigenvalue weighted by molar-refractivity contribution is -0.150. The molecular weight excluding hydrogens is 387 g/mol. The van der Waals surface area contributed by atoms with Gasteiger partial charge in [-0.25, -0.2) is 0 Å². The second-order valence-electron chi connectivity index (χ2n) is 5.19. The first-order valence-corrected chi connectivity index (χ1v) is 8.76. The summed E-state index contributed by atoms with van der Waals surface area (Å²) in [5.74, 6) is -0.369. The highest BCUT2D eigenvalue weighted by atomic mass is 35.5. The summed E-state index contributed by atoms with van der Waals surface area (Å²) in [4.78, 5) is 27.9. The number of carbonyl (C=O) groups excluding carboxylic acids is 2. The topological polar surface area (TPSA) is 75.6 Å². The number of amides is 1. The van der Waals surface area contributed by atoms with Crippen molar-refractivity contribution in [3.8, 4) is 0 Å². The fourth-order valence-electron chi connectivity index (χ4n) is 1.84. The molecule has 2 aromatic heterocycles. The maximum Gasteiger partial charge on any atom is 0.326 e. The summed E-state index contributed by atoms with van der Waals surface area (Å²) in [6.07, 6.45) is 0. The van der Waals surface area contributed by atoms with Gasteiger partial charge in [-0.05, 0) is 24.3 Å². The van der Waals surface area contributed by atoms with E-state index in [1.165, 1.54) is 16.2 Å². The molecule has 2 rings (SSSR count). The van der Waals surface area contributed by atoms with Gasteiger partial charge < -0.3 is 14.5 Å². The Kier molecular flexibility index (Phi) is 6.98. The number of anilines is 1. The predicted octanol–water partition coefficient (Wildman–Crippen LogP) is 2.48. The van der Waals surface area contributed by atoms with E-state index in [0.717, 1.165) is 4.88 Å². The lowest BCUT2D eigenvalue weighted by atomic mass is 10.4. The fourth-order valence-corrected chi connectivity index (χ4v) is 3.09. The number of halogens is 2. The molecule has 0 saturated carbocycles. The first kappa shape index (κ1) is 19.4. The molecule has 0 bridgehead atoms. The molecule has 0 saturated heterocycles. The molecule has 2 aromatic rings. The van der Waals surface area contributed by atoms with Crippen LogP contribution in [0.1, 0.15) is 4.88 Å². The van der Waals surface area contributed by atoms with Crippen LogP contribution in [0.3, 0.4) is 0 Å². The maximum atomic E-state index is 12.0. The molecule has 25 heavy (non-hydrogen) atoms. The largest absolute Gasteiger partial charge is 0.454 e. The average Bonchev–Trinajstić information content (AvgIpc) is 2.98. The summed E-state index contributed by atoms with van der Waals surface area (Å²) in [6, 6.07) is 6.83. The van der Waals surface area contributed by atoms with Crippen LogP contribution in [0, 0.1) is 0 Å². The Morgan fingerprint density at radius 3 is 2.52 bits per heavy atom. The number of likely N-dealkylation sites (N-methyl/N-ethyl adjacent to an activating group) is 2. The molecule has 134 valence electrons. The SMILES string of the molecule is CN(Cc1ccc(Cl)s1)C(=O)COC(=O)CN(C)c1ccc(Cl)nn1. The molecule has 0 spiro atoms. The van der Waals surface area contributed by atoms with Gasteiger partial charge in [-0.2, -0.15) is 0 Å². The van der Waals surface area contributed by atoms with Gasteiger partial charge in [0.1, 0.15) is 6.54 Å². The summed E-state index contributed by atoms with van der Waals surface area (Å²) in [6.45, 7) is 0.0243. The lowest BCUT2D eigenvalue weighted by Crippen LogP contribution is -2.33. The fraction of sp³-hybridized carbons (Fsp3) is 0.333. The summed E-state index contributed by atoms with van der Waals surface area (Å²) < 4.78 is 5.68. The van der Waals surface area contributed by atoms with Crippen molar-refractivity contribution in [1.82, 2.24) is 15.1 Å². The molecule has 10 heteroatoms. The second kappa shape index (κ2) is 8.98. The molecule has 0 N–H and O–H groups in total. The van der Waals surface area contributed by atoms with Gasteiger partial charge in [0.15, 0.2) is 17.6 Å². The van der Waals surface area contributed by atoms with Crippen LogP contribution < -0.4 is 4.90 Å². The van der Waals surface area contributed by atoms with E-state index in [9.17, 15) is 9.59 Å². The van der Waals surface area contributed by atoms with E-state index < -0.39 is 5.97 Å². The predicted molar refractivity (Wildman–Crippen MR) is 97.1 cm³/mol. The molecule has 0 aliphatic carbocycles. The van der Waals surface area contributed by atoms with Gasteiger partial charge in [0.2, 0.25) is 0 Å². The van der Waals surface area contributed by atoms with E-state index in [1.807, 2.05) is 6.07 Å². The van der Waals surface area contributed by atoms with Gasteiger partial charge in [0, 0.05) is 19.0 Å². The Morgan fingerprint density at radius 1 is 1.16 bits per heavy atom. The Bertz CT molecular complexity index is 739. The van der Waals surface area contributed by atoms with Crippen molar-refractivity contribution < 1.29 is 14.3 Å². The quantitative estimate of drug-likeness (QED) is 0.662. The monoisotopic (exact) mass is 402 g/mol. The zero-order chi connectivity index (χ0) is 18.4. The van der Waals surface area contributed by atoms with Crippen molar-refractivity contribution in [2.75, 3.05) is 32.1 Å². The highest BCUT2D eigenvalue weighted by molar-refractivity contribution is 7.16. The Morgan fingerprint density at radius 2 is 1.92 bits per heavy atom. The maximum absolute atomic E-state index is 12.0. The van der Waals surface area contributed by atoms with Crippen LogP contribution in [0.15, 0.2) is 24.3 Å². The van der Waals surface area contributed by atoms with Crippen LogP contribution in [0.4, 0.5) is 5.82 Å². The van der Waals surface area contributed by atoms with Crippen molar-refractivity contribution in [2.45, 2.75) is 6.54 Å². The number of rotatable bonds is 7. The van der Waals surface area contributed by atoms with E-state index in [2.05, 4.69) is 10.2 Å². The Labute approximate surface area is 159 Å². The molecule has 7 nitrogen and oxygen atoms in total. The third-order valence-corrected chi connectivity index (χ3v) is 4.60. The second-order valence-corrected chi connectivity index (χ2v) is 7.37. The Hall–Kier alpha value is -1.90. The van der Waals surface area contributed by atoms with Crippen LogP contribution in [-0.4, -0.2) is 54.2 Å². The summed E-state index contributed by atoms with van der Waals surface area (Å²) in [5, 5.41) is 7.82. The molecule has 0 fully saturated rings. The van der Waals surface area contributed by atoms with Gasteiger partial charge >= 0.3 is 5.97 Å². The van der Waals surface area contributed by atoms with Gasteiger partial charge in [0.05, 0.1) is 10.9 Å². The van der Waals surface area contributed by atoms with Crippen LogP contribution in [0.25, 0.3) is 0 Å². The van der Waals surface area contributed by atoms with Crippen LogP contribution in [0.5, 0.6) is 0 Å². The first-order chi connectivity index (χ1) is 11.8. The zero-order valence-corrected chi connectivity index (χ0v) is 15.9. The minimum atomic E-state index is -0.542. The number of thiophene rings is 1. The molecule has 1 amide bonds. The molecule has 0 aliphatic heterocycles. The summed E-state index contributed by atoms with van der Waals surface area (Å²) in [5.41, 5.74) is 0. The number of hydrogen-bond acceptors (Lipinski definition) is 7. The van der Waals surface area contributed by atoms with Gasteiger partial charge in [-0.1, -0.05) is 23.2 Å². The third kappa shape index (κ3) is 6.15. The molecule has 0 radical (unpaired) electrons. The van der Waals surface area contributed by atoms with Crippen LogP contribution >= 0.6 is 34.5 Å². The summed E-state index contributed by atoms with van der Waals surface area (Å²) in [7, 11) is 3.30. The number of nitrogens with zero attached hydrogens (tertiary/aromatic N) is 4. The minimum Gasteiger partial charge on any atom is -0.454 e. The highest BCUT2D eigenvalue weighted by Crippen LogP contribution is 2.22. The molecule has 0 atom stereocenters.